The van der Waals surface area contributed by atoms with Gasteiger partial charge < -0.3 is 5.32 Å². The number of amides is 1. The molecule has 0 aliphatic carbocycles. The van der Waals surface area contributed by atoms with Gasteiger partial charge in [-0.25, -0.2) is 0 Å². The second-order valence-corrected chi connectivity index (χ2v) is 5.40. The zero-order valence-electron chi connectivity index (χ0n) is 11.2. The number of aryl methyl sites for hydroxylation is 2. The molecule has 19 heavy (non-hydrogen) atoms. The lowest BCUT2D eigenvalue weighted by Crippen LogP contribution is -2.23. The Morgan fingerprint density at radius 1 is 1.42 bits per heavy atom. The smallest absolute Gasteiger partial charge is 0.252 e. The molecule has 1 aromatic carbocycles. The summed E-state index contributed by atoms with van der Waals surface area (Å²) in [5.41, 5.74) is 3.85. The predicted molar refractivity (Wildman–Crippen MR) is 78.0 cm³/mol. The molecule has 0 aliphatic heterocycles. The van der Waals surface area contributed by atoms with Gasteiger partial charge >= 0.3 is 0 Å². The molecule has 1 N–H and O–H groups in total. The van der Waals surface area contributed by atoms with Crippen molar-refractivity contribution in [1.82, 2.24) is 15.1 Å². The maximum atomic E-state index is 12.1. The Balaban J connectivity index is 2.07. The Bertz CT molecular complexity index is 619. The molecule has 2 rings (SSSR count). The van der Waals surface area contributed by atoms with E-state index < -0.39 is 0 Å². The van der Waals surface area contributed by atoms with E-state index in [0.717, 1.165) is 21.3 Å². The van der Waals surface area contributed by atoms with Crippen molar-refractivity contribution in [3.63, 3.8) is 0 Å². The summed E-state index contributed by atoms with van der Waals surface area (Å²) in [6.45, 7) is 4.46. The number of carbonyl (C=O) groups is 1. The summed E-state index contributed by atoms with van der Waals surface area (Å²) in [4.78, 5) is 12.1. The van der Waals surface area contributed by atoms with Gasteiger partial charge in [0.2, 0.25) is 0 Å². The van der Waals surface area contributed by atoms with E-state index in [1.165, 1.54) is 0 Å². The summed E-state index contributed by atoms with van der Waals surface area (Å²) in [6, 6.07) is 5.68. The molecule has 1 amide bonds. The second-order valence-electron chi connectivity index (χ2n) is 4.54. The first-order valence-corrected chi connectivity index (χ1v) is 6.80. The van der Waals surface area contributed by atoms with Gasteiger partial charge in [0.05, 0.1) is 11.8 Å². The first-order chi connectivity index (χ1) is 8.99. The zero-order chi connectivity index (χ0) is 14.0. The number of benzene rings is 1. The van der Waals surface area contributed by atoms with Crippen molar-refractivity contribution < 1.29 is 4.79 Å². The van der Waals surface area contributed by atoms with Gasteiger partial charge in [0.25, 0.3) is 5.91 Å². The number of hydrogen-bond donors (Lipinski definition) is 1. The van der Waals surface area contributed by atoms with Gasteiger partial charge in [-0.15, -0.1) is 0 Å². The topological polar surface area (TPSA) is 46.9 Å². The molecular formula is C14H16BrN3O. The molecule has 4 nitrogen and oxygen atoms in total. The quantitative estimate of drug-likeness (QED) is 0.944. The fourth-order valence-electron chi connectivity index (χ4n) is 1.79. The second kappa shape index (κ2) is 5.57. The van der Waals surface area contributed by atoms with Crippen LogP contribution in [0.4, 0.5) is 0 Å². The molecule has 0 saturated heterocycles. The van der Waals surface area contributed by atoms with Crippen molar-refractivity contribution >= 4 is 21.8 Å². The molecule has 100 valence electrons. The van der Waals surface area contributed by atoms with Crippen LogP contribution in [0.2, 0.25) is 0 Å². The molecule has 1 aromatic heterocycles. The van der Waals surface area contributed by atoms with Crippen LogP contribution in [0.5, 0.6) is 0 Å². The Labute approximate surface area is 120 Å². The monoisotopic (exact) mass is 321 g/mol. The largest absolute Gasteiger partial charge is 0.348 e. The Morgan fingerprint density at radius 3 is 2.74 bits per heavy atom. The van der Waals surface area contributed by atoms with Gasteiger partial charge in [0.1, 0.15) is 0 Å². The van der Waals surface area contributed by atoms with Gasteiger partial charge in [0.15, 0.2) is 0 Å². The van der Waals surface area contributed by atoms with E-state index in [4.69, 9.17) is 0 Å². The summed E-state index contributed by atoms with van der Waals surface area (Å²) in [5, 5.41) is 7.06. The van der Waals surface area contributed by atoms with E-state index in [2.05, 4.69) is 26.3 Å². The molecule has 1 heterocycles. The molecule has 0 atom stereocenters. The SMILES string of the molecule is Cc1ccc(C(=O)NCc2cnn(C)c2C)c(Br)c1. The molecule has 0 aliphatic rings. The summed E-state index contributed by atoms with van der Waals surface area (Å²) < 4.78 is 2.61. The lowest BCUT2D eigenvalue weighted by molar-refractivity contribution is 0.0950. The molecule has 0 unspecified atom stereocenters. The van der Waals surface area contributed by atoms with Crippen molar-refractivity contribution in [2.75, 3.05) is 0 Å². The van der Waals surface area contributed by atoms with E-state index in [-0.39, 0.29) is 5.91 Å². The van der Waals surface area contributed by atoms with Gasteiger partial charge in [-0.3, -0.25) is 9.48 Å². The highest BCUT2D eigenvalue weighted by atomic mass is 79.9. The normalized spacial score (nSPS) is 10.5. The standard InChI is InChI=1S/C14H16BrN3O/c1-9-4-5-12(13(15)6-9)14(19)16-7-11-8-17-18(3)10(11)2/h4-6,8H,7H2,1-3H3,(H,16,19). The minimum atomic E-state index is -0.0878. The van der Waals surface area contributed by atoms with Crippen LogP contribution in [-0.2, 0) is 13.6 Å². The van der Waals surface area contributed by atoms with Gasteiger partial charge in [-0.1, -0.05) is 6.07 Å². The van der Waals surface area contributed by atoms with Gasteiger partial charge in [-0.05, 0) is 47.5 Å². The van der Waals surface area contributed by atoms with Crippen LogP contribution in [0.1, 0.15) is 27.2 Å². The Kier molecular flexibility index (Phi) is 4.04. The number of aromatic nitrogens is 2. The van der Waals surface area contributed by atoms with Crippen LogP contribution in [0, 0.1) is 13.8 Å². The highest BCUT2D eigenvalue weighted by Gasteiger charge is 2.11. The lowest BCUT2D eigenvalue weighted by Gasteiger charge is -2.07. The van der Waals surface area contributed by atoms with Crippen LogP contribution in [-0.4, -0.2) is 15.7 Å². The van der Waals surface area contributed by atoms with Crippen molar-refractivity contribution in [1.29, 1.82) is 0 Å². The molecule has 0 radical (unpaired) electrons. The number of halogens is 1. The van der Waals surface area contributed by atoms with Crippen molar-refractivity contribution in [3.8, 4) is 0 Å². The van der Waals surface area contributed by atoms with Crippen LogP contribution < -0.4 is 5.32 Å². The van der Waals surface area contributed by atoms with E-state index in [1.807, 2.05) is 39.1 Å². The summed E-state index contributed by atoms with van der Waals surface area (Å²) in [5.74, 6) is -0.0878. The van der Waals surface area contributed by atoms with Gasteiger partial charge in [-0.2, -0.15) is 5.10 Å². The average Bonchev–Trinajstić information content (AvgIpc) is 2.67. The Hall–Kier alpha value is -1.62. The molecular weight excluding hydrogens is 306 g/mol. The fourth-order valence-corrected chi connectivity index (χ4v) is 2.47. The number of carbonyl (C=O) groups excluding carboxylic acids is 1. The van der Waals surface area contributed by atoms with Crippen LogP contribution in [0.15, 0.2) is 28.9 Å². The first kappa shape index (κ1) is 13.8. The molecule has 0 saturated carbocycles. The number of hydrogen-bond acceptors (Lipinski definition) is 2. The number of nitrogens with one attached hydrogen (secondary N) is 1. The minimum absolute atomic E-state index is 0.0878. The zero-order valence-corrected chi connectivity index (χ0v) is 12.8. The number of nitrogens with zero attached hydrogens (tertiary/aromatic N) is 2. The molecule has 2 aromatic rings. The number of rotatable bonds is 3. The predicted octanol–water partition coefficient (Wildman–Crippen LogP) is 2.73. The highest BCUT2D eigenvalue weighted by molar-refractivity contribution is 9.10. The fraction of sp³-hybridized carbons (Fsp3) is 0.286. The van der Waals surface area contributed by atoms with Crippen molar-refractivity contribution in [3.05, 3.63) is 51.3 Å². The maximum Gasteiger partial charge on any atom is 0.252 e. The molecule has 0 bridgehead atoms. The molecule has 0 fully saturated rings. The van der Waals surface area contributed by atoms with Crippen molar-refractivity contribution in [2.24, 2.45) is 7.05 Å². The van der Waals surface area contributed by atoms with E-state index >= 15 is 0 Å². The molecule has 0 spiro atoms. The summed E-state index contributed by atoms with van der Waals surface area (Å²) >= 11 is 3.42. The minimum Gasteiger partial charge on any atom is -0.348 e. The average molecular weight is 322 g/mol. The van der Waals surface area contributed by atoms with E-state index in [0.29, 0.717) is 12.1 Å². The van der Waals surface area contributed by atoms with Crippen molar-refractivity contribution in [2.45, 2.75) is 20.4 Å². The summed E-state index contributed by atoms with van der Waals surface area (Å²) in [7, 11) is 1.89. The highest BCUT2D eigenvalue weighted by Crippen LogP contribution is 2.18. The first-order valence-electron chi connectivity index (χ1n) is 6.01. The molecule has 5 heteroatoms. The summed E-state index contributed by atoms with van der Waals surface area (Å²) in [6.07, 6.45) is 1.78. The van der Waals surface area contributed by atoms with Crippen LogP contribution in [0.25, 0.3) is 0 Å². The third-order valence-corrected chi connectivity index (χ3v) is 3.80. The maximum absolute atomic E-state index is 12.1. The third-order valence-electron chi connectivity index (χ3n) is 3.15. The van der Waals surface area contributed by atoms with Crippen LogP contribution >= 0.6 is 15.9 Å². The van der Waals surface area contributed by atoms with Crippen LogP contribution in [0.3, 0.4) is 0 Å². The third kappa shape index (κ3) is 3.04. The lowest BCUT2D eigenvalue weighted by atomic mass is 10.1. The van der Waals surface area contributed by atoms with Gasteiger partial charge in [0, 0.05) is 29.3 Å². The van der Waals surface area contributed by atoms with E-state index in [9.17, 15) is 4.79 Å². The Morgan fingerprint density at radius 2 is 2.16 bits per heavy atom. The van der Waals surface area contributed by atoms with E-state index in [1.54, 1.807) is 10.9 Å².